The van der Waals surface area contributed by atoms with Gasteiger partial charge in [-0.2, -0.15) is 0 Å². The van der Waals surface area contributed by atoms with E-state index in [9.17, 15) is 14.3 Å². The molecule has 1 rings (SSSR count). The van der Waals surface area contributed by atoms with Crippen molar-refractivity contribution in [2.45, 2.75) is 52.1 Å². The van der Waals surface area contributed by atoms with Crippen LogP contribution in [0, 0.1) is 11.7 Å². The molecule has 0 aliphatic carbocycles. The average molecular weight is 321 g/mol. The third-order valence-corrected chi connectivity index (χ3v) is 4.13. The van der Waals surface area contributed by atoms with Crippen LogP contribution in [0.1, 0.15) is 45.1 Å². The molecule has 0 heterocycles. The van der Waals surface area contributed by atoms with Crippen LogP contribution in [-0.4, -0.2) is 28.6 Å². The summed E-state index contributed by atoms with van der Waals surface area (Å²) < 4.78 is 13.9. The van der Waals surface area contributed by atoms with E-state index >= 15 is 0 Å². The molecule has 0 saturated carbocycles. The van der Waals surface area contributed by atoms with Crippen molar-refractivity contribution in [3.05, 3.63) is 48.3 Å². The lowest BCUT2D eigenvalue weighted by molar-refractivity contribution is -0.136. The average Bonchev–Trinajstić information content (AvgIpc) is 2.54. The van der Waals surface area contributed by atoms with Crippen molar-refractivity contribution < 1.29 is 14.3 Å². The summed E-state index contributed by atoms with van der Waals surface area (Å²) in [4.78, 5) is 14.3. The van der Waals surface area contributed by atoms with E-state index in [0.29, 0.717) is 18.4 Å². The number of carbonyl (C=O) groups excluding carboxylic acids is 1. The number of carbonyl (C=O) groups is 1. The SMILES string of the molecule is C=CCC[C@@H](C)CC(=O)N(Cc1ccccc1F)[C@H](CC)CO. The lowest BCUT2D eigenvalue weighted by Crippen LogP contribution is -2.42. The van der Waals surface area contributed by atoms with Gasteiger partial charge in [-0.1, -0.05) is 38.1 Å². The molecule has 0 aliphatic rings. The van der Waals surface area contributed by atoms with Gasteiger partial charge < -0.3 is 10.0 Å². The summed E-state index contributed by atoms with van der Waals surface area (Å²) in [5, 5.41) is 9.57. The van der Waals surface area contributed by atoms with Crippen LogP contribution in [0.4, 0.5) is 4.39 Å². The largest absolute Gasteiger partial charge is 0.394 e. The molecule has 23 heavy (non-hydrogen) atoms. The van der Waals surface area contributed by atoms with Crippen molar-refractivity contribution in [3.8, 4) is 0 Å². The number of allylic oxidation sites excluding steroid dienone is 1. The summed E-state index contributed by atoms with van der Waals surface area (Å²) in [6.07, 6.45) is 4.66. The maximum absolute atomic E-state index is 13.9. The predicted octanol–water partition coefficient (Wildman–Crippen LogP) is 3.92. The summed E-state index contributed by atoms with van der Waals surface area (Å²) >= 11 is 0. The van der Waals surface area contributed by atoms with Gasteiger partial charge in [0.15, 0.2) is 0 Å². The van der Waals surface area contributed by atoms with Crippen LogP contribution in [0.3, 0.4) is 0 Å². The molecule has 0 bridgehead atoms. The third-order valence-electron chi connectivity index (χ3n) is 4.13. The van der Waals surface area contributed by atoms with Crippen molar-refractivity contribution in [1.29, 1.82) is 0 Å². The minimum atomic E-state index is -0.321. The zero-order chi connectivity index (χ0) is 17.2. The Labute approximate surface area is 138 Å². The fraction of sp³-hybridized carbons (Fsp3) is 0.526. The Hall–Kier alpha value is -1.68. The van der Waals surface area contributed by atoms with Gasteiger partial charge >= 0.3 is 0 Å². The minimum absolute atomic E-state index is 0.0364. The van der Waals surface area contributed by atoms with E-state index < -0.39 is 0 Å². The fourth-order valence-corrected chi connectivity index (χ4v) is 2.60. The van der Waals surface area contributed by atoms with Crippen molar-refractivity contribution >= 4 is 5.91 Å². The highest BCUT2D eigenvalue weighted by atomic mass is 19.1. The van der Waals surface area contributed by atoms with Crippen LogP contribution < -0.4 is 0 Å². The number of amides is 1. The van der Waals surface area contributed by atoms with Crippen LogP contribution in [0.15, 0.2) is 36.9 Å². The highest BCUT2D eigenvalue weighted by molar-refractivity contribution is 5.76. The highest BCUT2D eigenvalue weighted by Crippen LogP contribution is 2.19. The molecule has 0 aliphatic heterocycles. The molecule has 1 aromatic carbocycles. The van der Waals surface area contributed by atoms with Crippen molar-refractivity contribution in [3.63, 3.8) is 0 Å². The number of hydrogen-bond donors (Lipinski definition) is 1. The zero-order valence-corrected chi connectivity index (χ0v) is 14.2. The molecule has 0 spiro atoms. The molecule has 128 valence electrons. The Balaban J connectivity index is 2.85. The van der Waals surface area contributed by atoms with Crippen LogP contribution in [-0.2, 0) is 11.3 Å². The topological polar surface area (TPSA) is 40.5 Å². The fourth-order valence-electron chi connectivity index (χ4n) is 2.60. The van der Waals surface area contributed by atoms with E-state index in [1.54, 1.807) is 23.1 Å². The molecule has 3 nitrogen and oxygen atoms in total. The number of aliphatic hydroxyl groups is 1. The summed E-state index contributed by atoms with van der Waals surface area (Å²) in [5.74, 6) is -0.122. The number of aliphatic hydroxyl groups excluding tert-OH is 1. The lowest BCUT2D eigenvalue weighted by atomic mass is 10.00. The van der Waals surface area contributed by atoms with E-state index in [2.05, 4.69) is 6.58 Å². The molecule has 0 radical (unpaired) electrons. The Bertz CT molecular complexity index is 500. The molecular weight excluding hydrogens is 293 g/mol. The summed E-state index contributed by atoms with van der Waals surface area (Å²) in [6, 6.07) is 6.18. The second-order valence-electron chi connectivity index (χ2n) is 6.03. The Morgan fingerprint density at radius 3 is 2.70 bits per heavy atom. The Morgan fingerprint density at radius 2 is 2.13 bits per heavy atom. The van der Waals surface area contributed by atoms with Gasteiger partial charge in [-0.3, -0.25) is 4.79 Å². The van der Waals surface area contributed by atoms with Gasteiger partial charge in [0.1, 0.15) is 5.82 Å². The number of nitrogens with zero attached hydrogens (tertiary/aromatic N) is 1. The second kappa shape index (κ2) is 10.2. The summed E-state index contributed by atoms with van der Waals surface area (Å²) in [6.45, 7) is 7.73. The monoisotopic (exact) mass is 321 g/mol. The number of halogens is 1. The lowest BCUT2D eigenvalue weighted by Gasteiger charge is -2.31. The first kappa shape index (κ1) is 19.4. The number of hydrogen-bond acceptors (Lipinski definition) is 2. The van der Waals surface area contributed by atoms with Crippen molar-refractivity contribution in [1.82, 2.24) is 4.90 Å². The Kier molecular flexibility index (Phi) is 8.56. The van der Waals surface area contributed by atoms with Crippen LogP contribution in [0.5, 0.6) is 0 Å². The standard InChI is InChI=1S/C19H28FNO2/c1-4-6-9-15(3)12-19(23)21(17(5-2)14-22)13-16-10-7-8-11-18(16)20/h4,7-8,10-11,15,17,22H,1,5-6,9,12-14H2,2-3H3/t15-,17-/m1/s1. The molecule has 1 amide bonds. The van der Waals surface area contributed by atoms with E-state index in [0.717, 1.165) is 12.8 Å². The van der Waals surface area contributed by atoms with E-state index in [-0.39, 0.29) is 36.8 Å². The predicted molar refractivity (Wildman–Crippen MR) is 91.3 cm³/mol. The van der Waals surface area contributed by atoms with Crippen LogP contribution in [0.2, 0.25) is 0 Å². The van der Waals surface area contributed by atoms with Crippen molar-refractivity contribution in [2.75, 3.05) is 6.61 Å². The normalized spacial score (nSPS) is 13.4. The molecule has 0 saturated heterocycles. The number of rotatable bonds is 10. The van der Waals surface area contributed by atoms with E-state index in [4.69, 9.17) is 0 Å². The second-order valence-corrected chi connectivity index (χ2v) is 6.03. The molecule has 0 aromatic heterocycles. The zero-order valence-electron chi connectivity index (χ0n) is 14.2. The minimum Gasteiger partial charge on any atom is -0.394 e. The first-order valence-corrected chi connectivity index (χ1v) is 8.28. The van der Waals surface area contributed by atoms with Gasteiger partial charge in [0.2, 0.25) is 5.91 Å². The maximum Gasteiger partial charge on any atom is 0.223 e. The van der Waals surface area contributed by atoms with E-state index in [1.807, 2.05) is 19.9 Å². The molecule has 1 aromatic rings. The molecule has 0 fully saturated rings. The molecule has 4 heteroatoms. The molecule has 1 N–H and O–H groups in total. The van der Waals surface area contributed by atoms with Gasteiger partial charge in [-0.05, 0) is 31.2 Å². The van der Waals surface area contributed by atoms with Crippen LogP contribution in [0.25, 0.3) is 0 Å². The van der Waals surface area contributed by atoms with Gasteiger partial charge in [-0.25, -0.2) is 4.39 Å². The number of benzene rings is 1. The third kappa shape index (κ3) is 6.14. The summed E-state index contributed by atoms with van der Waals surface area (Å²) in [7, 11) is 0. The van der Waals surface area contributed by atoms with Crippen molar-refractivity contribution in [2.24, 2.45) is 5.92 Å². The first-order valence-electron chi connectivity index (χ1n) is 8.28. The molecule has 2 atom stereocenters. The van der Waals surface area contributed by atoms with E-state index in [1.165, 1.54) is 6.07 Å². The first-order chi connectivity index (χ1) is 11.0. The molecular formula is C19H28FNO2. The van der Waals surface area contributed by atoms with Gasteiger partial charge in [0, 0.05) is 18.5 Å². The van der Waals surface area contributed by atoms with Gasteiger partial charge in [-0.15, -0.1) is 6.58 Å². The van der Waals surface area contributed by atoms with Gasteiger partial charge in [0.05, 0.1) is 12.6 Å². The van der Waals surface area contributed by atoms with Gasteiger partial charge in [0.25, 0.3) is 0 Å². The Morgan fingerprint density at radius 1 is 1.43 bits per heavy atom. The molecule has 0 unspecified atom stereocenters. The highest BCUT2D eigenvalue weighted by Gasteiger charge is 2.24. The maximum atomic E-state index is 13.9. The van der Waals surface area contributed by atoms with Crippen LogP contribution >= 0.6 is 0 Å². The quantitative estimate of drug-likeness (QED) is 0.664. The smallest absolute Gasteiger partial charge is 0.223 e. The summed E-state index contributed by atoms with van der Waals surface area (Å²) in [5.41, 5.74) is 0.478.